The first-order valence-corrected chi connectivity index (χ1v) is 3.57. The molecule has 0 aromatic carbocycles. The predicted molar refractivity (Wildman–Crippen MR) is 44.9 cm³/mol. The largest absolute Gasteiger partial charge is 0.290 e. The molecule has 0 aliphatic rings. The van der Waals surface area contributed by atoms with Gasteiger partial charge in [-0.05, 0) is 18.6 Å². The Morgan fingerprint density at radius 1 is 1.42 bits per heavy atom. The Morgan fingerprint density at radius 3 is 3.08 bits per heavy atom. The Balaban J connectivity index is 2.96. The number of pyridine rings is 1. The number of hydrogen-bond acceptors (Lipinski definition) is 3. The van der Waals surface area contributed by atoms with E-state index in [1.165, 1.54) is 0 Å². The van der Waals surface area contributed by atoms with E-state index >= 15 is 0 Å². The Morgan fingerprint density at radius 2 is 2.25 bits per heavy atom. The monoisotopic (exact) mass is 161 g/mol. The van der Waals surface area contributed by atoms with Crippen LogP contribution < -0.4 is 5.56 Å². The zero-order valence-corrected chi connectivity index (χ0v) is 6.53. The Hall–Kier alpha value is -1.71. The fraction of sp³-hybridized carbons (Fsp3) is 0.125. The van der Waals surface area contributed by atoms with Crippen LogP contribution in [0.25, 0.3) is 10.9 Å². The standard InChI is InChI=1S/C8H7N3O/c1-5-2-6-4-10-11-8(12)7(6)9-3-5/h2-4H,1H3,(H,11,12). The number of aryl methyl sites for hydroxylation is 1. The van der Waals surface area contributed by atoms with Gasteiger partial charge in [0.1, 0.15) is 5.52 Å². The van der Waals surface area contributed by atoms with Crippen LogP contribution in [-0.4, -0.2) is 15.2 Å². The lowest BCUT2D eigenvalue weighted by atomic mass is 10.2. The minimum Gasteiger partial charge on any atom is -0.266 e. The van der Waals surface area contributed by atoms with Gasteiger partial charge < -0.3 is 0 Å². The molecule has 0 unspecified atom stereocenters. The van der Waals surface area contributed by atoms with E-state index in [-0.39, 0.29) is 5.56 Å². The third-order valence-electron chi connectivity index (χ3n) is 1.64. The number of aromatic amines is 1. The van der Waals surface area contributed by atoms with Crippen LogP contribution in [-0.2, 0) is 0 Å². The average molecular weight is 161 g/mol. The van der Waals surface area contributed by atoms with E-state index in [0.717, 1.165) is 10.9 Å². The molecule has 0 fully saturated rings. The third-order valence-corrected chi connectivity index (χ3v) is 1.64. The van der Waals surface area contributed by atoms with Crippen molar-refractivity contribution in [2.24, 2.45) is 0 Å². The normalized spacial score (nSPS) is 10.4. The smallest absolute Gasteiger partial charge is 0.266 e. The molecule has 4 nitrogen and oxygen atoms in total. The van der Waals surface area contributed by atoms with Crippen molar-refractivity contribution >= 4 is 10.9 Å². The summed E-state index contributed by atoms with van der Waals surface area (Å²) in [4.78, 5) is 15.1. The van der Waals surface area contributed by atoms with Crippen LogP contribution in [0.4, 0.5) is 0 Å². The molecule has 0 bridgehead atoms. The SMILES string of the molecule is Cc1cnc2c(=O)[nH]ncc2c1. The number of aromatic nitrogens is 3. The molecule has 4 heteroatoms. The van der Waals surface area contributed by atoms with Gasteiger partial charge in [0, 0.05) is 11.6 Å². The average Bonchev–Trinajstić information content (AvgIpc) is 2.04. The zero-order valence-electron chi connectivity index (χ0n) is 6.53. The number of rotatable bonds is 0. The molecule has 2 aromatic rings. The molecular weight excluding hydrogens is 154 g/mol. The van der Waals surface area contributed by atoms with Gasteiger partial charge in [0.25, 0.3) is 5.56 Å². The van der Waals surface area contributed by atoms with Crippen molar-refractivity contribution in [3.05, 3.63) is 34.4 Å². The topological polar surface area (TPSA) is 58.6 Å². The van der Waals surface area contributed by atoms with Gasteiger partial charge in [0.05, 0.1) is 6.20 Å². The summed E-state index contributed by atoms with van der Waals surface area (Å²) < 4.78 is 0. The highest BCUT2D eigenvalue weighted by Crippen LogP contribution is 2.05. The van der Waals surface area contributed by atoms with Gasteiger partial charge in [-0.2, -0.15) is 5.10 Å². The number of nitrogens with one attached hydrogen (secondary N) is 1. The lowest BCUT2D eigenvalue weighted by molar-refractivity contribution is 1.00. The van der Waals surface area contributed by atoms with E-state index in [9.17, 15) is 4.79 Å². The number of H-pyrrole nitrogens is 1. The second-order valence-electron chi connectivity index (χ2n) is 2.65. The molecule has 0 saturated heterocycles. The van der Waals surface area contributed by atoms with E-state index in [1.54, 1.807) is 12.4 Å². The fourth-order valence-corrected chi connectivity index (χ4v) is 1.09. The minimum absolute atomic E-state index is 0.243. The molecule has 2 rings (SSSR count). The van der Waals surface area contributed by atoms with E-state index in [2.05, 4.69) is 15.2 Å². The summed E-state index contributed by atoms with van der Waals surface area (Å²) in [5.74, 6) is 0. The summed E-state index contributed by atoms with van der Waals surface area (Å²) in [5.41, 5.74) is 1.22. The van der Waals surface area contributed by atoms with Crippen LogP contribution in [0.15, 0.2) is 23.3 Å². The first kappa shape index (κ1) is 6.97. The molecule has 0 aliphatic heterocycles. The summed E-state index contributed by atoms with van der Waals surface area (Å²) in [6, 6.07) is 1.88. The molecule has 0 saturated carbocycles. The van der Waals surface area contributed by atoms with E-state index in [1.807, 2.05) is 13.0 Å². The van der Waals surface area contributed by atoms with Crippen LogP contribution in [0, 0.1) is 6.92 Å². The van der Waals surface area contributed by atoms with Crippen LogP contribution in [0.2, 0.25) is 0 Å². The van der Waals surface area contributed by atoms with Crippen molar-refractivity contribution in [3.8, 4) is 0 Å². The Labute approximate surface area is 68.3 Å². The lowest BCUT2D eigenvalue weighted by Crippen LogP contribution is -2.08. The highest BCUT2D eigenvalue weighted by Gasteiger charge is 1.98. The van der Waals surface area contributed by atoms with Gasteiger partial charge in [-0.1, -0.05) is 0 Å². The minimum atomic E-state index is -0.243. The maximum Gasteiger partial charge on any atom is 0.290 e. The molecule has 0 aliphatic carbocycles. The summed E-state index contributed by atoms with van der Waals surface area (Å²) in [6.45, 7) is 1.92. The van der Waals surface area contributed by atoms with Crippen molar-refractivity contribution in [1.82, 2.24) is 15.2 Å². The second kappa shape index (κ2) is 2.41. The number of fused-ring (bicyclic) bond motifs is 1. The zero-order chi connectivity index (χ0) is 8.55. The van der Waals surface area contributed by atoms with Gasteiger partial charge in [0.15, 0.2) is 0 Å². The van der Waals surface area contributed by atoms with Crippen LogP contribution in [0.5, 0.6) is 0 Å². The predicted octanol–water partition coefficient (Wildman–Crippen LogP) is 0.627. The summed E-state index contributed by atoms with van der Waals surface area (Å²) in [5, 5.41) is 6.78. The van der Waals surface area contributed by atoms with Crippen molar-refractivity contribution in [2.45, 2.75) is 6.92 Å². The molecular formula is C8H7N3O. The van der Waals surface area contributed by atoms with Gasteiger partial charge in [-0.15, -0.1) is 0 Å². The summed E-state index contributed by atoms with van der Waals surface area (Å²) in [7, 11) is 0. The van der Waals surface area contributed by atoms with Crippen molar-refractivity contribution in [2.75, 3.05) is 0 Å². The molecule has 0 radical (unpaired) electrons. The quantitative estimate of drug-likeness (QED) is 0.616. The number of nitrogens with zero attached hydrogens (tertiary/aromatic N) is 2. The lowest BCUT2D eigenvalue weighted by Gasteiger charge is -1.94. The molecule has 0 spiro atoms. The fourth-order valence-electron chi connectivity index (χ4n) is 1.09. The first-order valence-electron chi connectivity index (χ1n) is 3.57. The molecule has 1 N–H and O–H groups in total. The van der Waals surface area contributed by atoms with Crippen LogP contribution in [0.3, 0.4) is 0 Å². The van der Waals surface area contributed by atoms with Gasteiger partial charge in [0.2, 0.25) is 0 Å². The third kappa shape index (κ3) is 0.972. The van der Waals surface area contributed by atoms with Gasteiger partial charge >= 0.3 is 0 Å². The highest BCUT2D eigenvalue weighted by atomic mass is 16.1. The maximum atomic E-state index is 11.1. The molecule has 60 valence electrons. The van der Waals surface area contributed by atoms with E-state index < -0.39 is 0 Å². The van der Waals surface area contributed by atoms with Crippen LogP contribution >= 0.6 is 0 Å². The molecule has 12 heavy (non-hydrogen) atoms. The van der Waals surface area contributed by atoms with Crippen LogP contribution in [0.1, 0.15) is 5.56 Å². The molecule has 0 atom stereocenters. The Kier molecular flexibility index (Phi) is 1.40. The second-order valence-corrected chi connectivity index (χ2v) is 2.65. The van der Waals surface area contributed by atoms with E-state index in [0.29, 0.717) is 5.52 Å². The maximum absolute atomic E-state index is 11.1. The van der Waals surface area contributed by atoms with E-state index in [4.69, 9.17) is 0 Å². The summed E-state index contributed by atoms with van der Waals surface area (Å²) in [6.07, 6.45) is 3.26. The Bertz CT molecular complexity index is 475. The highest BCUT2D eigenvalue weighted by molar-refractivity contribution is 5.76. The van der Waals surface area contributed by atoms with Gasteiger partial charge in [-0.25, -0.2) is 5.10 Å². The van der Waals surface area contributed by atoms with Crippen molar-refractivity contribution in [1.29, 1.82) is 0 Å². The molecule has 2 heterocycles. The molecule has 0 amide bonds. The van der Waals surface area contributed by atoms with Crippen molar-refractivity contribution < 1.29 is 0 Å². The summed E-state index contributed by atoms with van der Waals surface area (Å²) >= 11 is 0. The van der Waals surface area contributed by atoms with Gasteiger partial charge in [-0.3, -0.25) is 9.78 Å². The first-order chi connectivity index (χ1) is 5.77. The van der Waals surface area contributed by atoms with Crippen molar-refractivity contribution in [3.63, 3.8) is 0 Å². The number of hydrogen-bond donors (Lipinski definition) is 1. The molecule has 2 aromatic heterocycles.